The third kappa shape index (κ3) is 10.7. The number of aliphatic carboxylic acids is 2. The zero-order valence-electron chi connectivity index (χ0n) is 12.1. The van der Waals surface area contributed by atoms with Crippen molar-refractivity contribution in [1.29, 1.82) is 0 Å². The van der Waals surface area contributed by atoms with Crippen molar-refractivity contribution in [3.8, 4) is 0 Å². The molecule has 2 N–H and O–H groups in total. The van der Waals surface area contributed by atoms with Gasteiger partial charge in [0.25, 0.3) is 0 Å². The van der Waals surface area contributed by atoms with Gasteiger partial charge in [-0.05, 0) is 23.3 Å². The number of carboxylic acids is 2. The molecule has 0 spiro atoms. The maximum Gasteiger partial charge on any atom is 0.328 e. The Hall–Kier alpha value is -2.65. The van der Waals surface area contributed by atoms with E-state index in [4.69, 9.17) is 10.2 Å². The molecule has 0 saturated heterocycles. The van der Waals surface area contributed by atoms with Gasteiger partial charge in [0.2, 0.25) is 0 Å². The summed E-state index contributed by atoms with van der Waals surface area (Å²) in [6, 6.07) is 18.6. The molecule has 0 heterocycles. The number of hydrogen-bond donors (Lipinski definition) is 2. The van der Waals surface area contributed by atoms with Crippen LogP contribution in [0, 0.1) is 0 Å². The van der Waals surface area contributed by atoms with E-state index >= 15 is 0 Å². The largest absolute Gasteiger partial charge is 0.478 e. The van der Waals surface area contributed by atoms with Crippen molar-refractivity contribution < 1.29 is 36.3 Å². The zero-order chi connectivity index (χ0) is 16.2. The minimum Gasteiger partial charge on any atom is -0.478 e. The topological polar surface area (TPSA) is 74.6 Å². The van der Waals surface area contributed by atoms with Crippen molar-refractivity contribution in [1.82, 2.24) is 0 Å². The van der Waals surface area contributed by atoms with Crippen LogP contribution in [0.2, 0.25) is 0 Å². The molecule has 2 aromatic rings. The van der Waals surface area contributed by atoms with Crippen LogP contribution in [0.15, 0.2) is 72.8 Å². The monoisotopic (exact) mass is 354 g/mol. The summed E-state index contributed by atoms with van der Waals surface area (Å²) in [7, 11) is 0. The molecule has 0 saturated carbocycles. The molecule has 122 valence electrons. The molecule has 0 bridgehead atoms. The Balaban J connectivity index is 0.000000403. The molecular formula is C18H16NiO4. The van der Waals surface area contributed by atoms with Crippen LogP contribution in [0.25, 0.3) is 12.2 Å². The smallest absolute Gasteiger partial charge is 0.328 e. The van der Waals surface area contributed by atoms with E-state index in [2.05, 4.69) is 0 Å². The van der Waals surface area contributed by atoms with Gasteiger partial charge in [-0.25, -0.2) is 9.59 Å². The van der Waals surface area contributed by atoms with E-state index in [0.717, 1.165) is 23.3 Å². The molecule has 0 unspecified atom stereocenters. The molecule has 0 aliphatic heterocycles. The van der Waals surface area contributed by atoms with Gasteiger partial charge in [-0.15, -0.1) is 0 Å². The summed E-state index contributed by atoms with van der Waals surface area (Å²) in [5.74, 6) is -1.84. The summed E-state index contributed by atoms with van der Waals surface area (Å²) in [5.41, 5.74) is 1.80. The Morgan fingerprint density at radius 3 is 1.22 bits per heavy atom. The Morgan fingerprint density at radius 1 is 0.652 bits per heavy atom. The molecule has 4 nitrogen and oxygen atoms in total. The van der Waals surface area contributed by atoms with Crippen LogP contribution in [0.1, 0.15) is 11.1 Å². The Labute approximate surface area is 144 Å². The summed E-state index contributed by atoms with van der Waals surface area (Å²) in [4.78, 5) is 20.2. The van der Waals surface area contributed by atoms with Gasteiger partial charge in [-0.3, -0.25) is 0 Å². The van der Waals surface area contributed by atoms with E-state index in [0.29, 0.717) is 0 Å². The van der Waals surface area contributed by atoms with Crippen molar-refractivity contribution >= 4 is 24.1 Å². The first-order chi connectivity index (χ1) is 10.6. The average molecular weight is 355 g/mol. The molecule has 0 aliphatic carbocycles. The average Bonchev–Trinajstić information content (AvgIpc) is 2.53. The van der Waals surface area contributed by atoms with Gasteiger partial charge in [0.05, 0.1) is 0 Å². The van der Waals surface area contributed by atoms with Crippen LogP contribution in [0.3, 0.4) is 0 Å². The Kier molecular flexibility index (Phi) is 10.6. The van der Waals surface area contributed by atoms with Crippen LogP contribution in [-0.2, 0) is 26.1 Å². The first-order valence-electron chi connectivity index (χ1n) is 6.50. The van der Waals surface area contributed by atoms with Gasteiger partial charge in [0, 0.05) is 28.6 Å². The minimum absolute atomic E-state index is 0. The van der Waals surface area contributed by atoms with Gasteiger partial charge in [-0.2, -0.15) is 0 Å². The van der Waals surface area contributed by atoms with Gasteiger partial charge in [-0.1, -0.05) is 60.7 Å². The summed E-state index contributed by atoms with van der Waals surface area (Å²) in [5, 5.41) is 16.6. The second kappa shape index (κ2) is 12.0. The predicted octanol–water partition coefficient (Wildman–Crippen LogP) is 3.57. The fourth-order valence-electron chi connectivity index (χ4n) is 1.46. The van der Waals surface area contributed by atoms with E-state index in [-0.39, 0.29) is 16.5 Å². The molecule has 0 fully saturated rings. The van der Waals surface area contributed by atoms with E-state index in [1.54, 1.807) is 12.2 Å². The Morgan fingerprint density at radius 2 is 0.957 bits per heavy atom. The molecule has 2 rings (SSSR count). The summed E-state index contributed by atoms with van der Waals surface area (Å²) in [6.45, 7) is 0. The van der Waals surface area contributed by atoms with Crippen LogP contribution >= 0.6 is 0 Å². The van der Waals surface area contributed by atoms with Crippen molar-refractivity contribution in [2.45, 2.75) is 0 Å². The van der Waals surface area contributed by atoms with E-state index < -0.39 is 11.9 Å². The molecule has 0 aliphatic rings. The molecule has 5 heteroatoms. The summed E-state index contributed by atoms with van der Waals surface area (Å²) in [6.07, 6.45) is 5.36. The van der Waals surface area contributed by atoms with E-state index in [9.17, 15) is 9.59 Å². The zero-order valence-corrected chi connectivity index (χ0v) is 13.1. The van der Waals surface area contributed by atoms with Crippen molar-refractivity contribution in [3.63, 3.8) is 0 Å². The molecule has 0 atom stereocenters. The van der Waals surface area contributed by atoms with Gasteiger partial charge in [0.15, 0.2) is 0 Å². The molecule has 23 heavy (non-hydrogen) atoms. The molecule has 2 aromatic carbocycles. The third-order valence-electron chi connectivity index (χ3n) is 2.44. The van der Waals surface area contributed by atoms with E-state index in [1.165, 1.54) is 0 Å². The first kappa shape index (κ1) is 20.4. The van der Waals surface area contributed by atoms with Crippen LogP contribution in [0.5, 0.6) is 0 Å². The summed E-state index contributed by atoms with van der Waals surface area (Å²) < 4.78 is 0. The third-order valence-corrected chi connectivity index (χ3v) is 2.44. The van der Waals surface area contributed by atoms with Crippen LogP contribution in [-0.4, -0.2) is 22.2 Å². The summed E-state index contributed by atoms with van der Waals surface area (Å²) >= 11 is 0. The fraction of sp³-hybridized carbons (Fsp3) is 0. The standard InChI is InChI=1S/2C9H8O2.Ni/c2*10-9(11)7-6-8-4-2-1-3-5-8;/h2*1-7H,(H,10,11);/b2*7-6+;. The first-order valence-corrected chi connectivity index (χ1v) is 6.50. The van der Waals surface area contributed by atoms with Crippen molar-refractivity contribution in [3.05, 3.63) is 83.9 Å². The second-order valence-corrected chi connectivity index (χ2v) is 4.16. The number of benzene rings is 2. The SMILES string of the molecule is O=C(O)/C=C/c1ccccc1.O=C(O)/C=C/c1ccccc1.[Ni]. The Bertz CT molecular complexity index is 590. The van der Waals surface area contributed by atoms with Crippen molar-refractivity contribution in [2.24, 2.45) is 0 Å². The van der Waals surface area contributed by atoms with E-state index in [1.807, 2.05) is 60.7 Å². The normalized spacial score (nSPS) is 9.74. The maximum absolute atomic E-state index is 10.1. The number of carbonyl (C=O) groups is 2. The van der Waals surface area contributed by atoms with Gasteiger partial charge >= 0.3 is 11.9 Å². The van der Waals surface area contributed by atoms with Crippen LogP contribution in [0.4, 0.5) is 0 Å². The minimum atomic E-state index is -0.922. The quantitative estimate of drug-likeness (QED) is 0.650. The molecule has 0 amide bonds. The number of carboxylic acid groups (broad SMARTS) is 2. The number of hydrogen-bond acceptors (Lipinski definition) is 2. The molecule has 0 aromatic heterocycles. The maximum atomic E-state index is 10.1. The molecule has 0 radical (unpaired) electrons. The van der Waals surface area contributed by atoms with Gasteiger partial charge < -0.3 is 10.2 Å². The fourth-order valence-corrected chi connectivity index (χ4v) is 1.46. The van der Waals surface area contributed by atoms with Crippen LogP contribution < -0.4 is 0 Å². The van der Waals surface area contributed by atoms with Crippen molar-refractivity contribution in [2.75, 3.05) is 0 Å². The van der Waals surface area contributed by atoms with Gasteiger partial charge in [0.1, 0.15) is 0 Å². The molecular weight excluding hydrogens is 339 g/mol. The second-order valence-electron chi connectivity index (χ2n) is 4.16. The number of rotatable bonds is 4. The predicted molar refractivity (Wildman–Crippen MR) is 86.2 cm³/mol.